The van der Waals surface area contributed by atoms with Crippen LogP contribution >= 0.6 is 11.3 Å². The molecule has 33 heavy (non-hydrogen) atoms. The molecule has 9 nitrogen and oxygen atoms in total. The normalized spacial score (nSPS) is 13.3. The molecule has 0 N–H and O–H groups in total. The molecule has 0 aliphatic carbocycles. The Hall–Kier alpha value is -3.40. The number of carbonyl (C=O) groups excluding carboxylic acids is 2. The fraction of sp³-hybridized carbons (Fsp3) is 0.391. The number of hydrogen-bond donors (Lipinski definition) is 0. The van der Waals surface area contributed by atoms with Crippen LogP contribution in [0.3, 0.4) is 0 Å². The van der Waals surface area contributed by atoms with Gasteiger partial charge in [0.25, 0.3) is 11.5 Å². The van der Waals surface area contributed by atoms with E-state index in [9.17, 15) is 14.4 Å². The number of hydrogen-bond acceptors (Lipinski definition) is 7. The van der Waals surface area contributed by atoms with Gasteiger partial charge in [-0.15, -0.1) is 11.3 Å². The van der Waals surface area contributed by atoms with E-state index < -0.39 is 5.97 Å². The van der Waals surface area contributed by atoms with Gasteiger partial charge in [-0.05, 0) is 29.9 Å². The Morgan fingerprint density at radius 1 is 1.24 bits per heavy atom. The number of aryl methyl sites for hydroxylation is 2. The molecular formula is C23H26N4O5S. The Labute approximate surface area is 195 Å². The van der Waals surface area contributed by atoms with Crippen LogP contribution in [-0.4, -0.2) is 57.9 Å². The van der Waals surface area contributed by atoms with Crippen LogP contribution in [0.4, 0.5) is 0 Å². The monoisotopic (exact) mass is 470 g/mol. The Balaban J connectivity index is 1.54. The van der Waals surface area contributed by atoms with Crippen molar-refractivity contribution < 1.29 is 19.1 Å². The molecule has 1 aliphatic heterocycles. The lowest BCUT2D eigenvalue weighted by molar-refractivity contribution is 0.0593. The summed E-state index contributed by atoms with van der Waals surface area (Å²) in [6, 6.07) is 4.97. The van der Waals surface area contributed by atoms with Crippen LogP contribution in [0.15, 0.2) is 40.8 Å². The molecule has 3 aromatic rings. The van der Waals surface area contributed by atoms with Gasteiger partial charge in [-0.1, -0.05) is 6.07 Å². The summed E-state index contributed by atoms with van der Waals surface area (Å²) in [5, 5.41) is 6.01. The minimum Gasteiger partial charge on any atom is -0.492 e. The number of thiophene rings is 1. The number of aromatic nitrogens is 3. The van der Waals surface area contributed by atoms with Crippen molar-refractivity contribution in [2.24, 2.45) is 7.05 Å². The second kappa shape index (κ2) is 10.0. The van der Waals surface area contributed by atoms with Gasteiger partial charge in [0.05, 0.1) is 24.8 Å². The highest BCUT2D eigenvalue weighted by Gasteiger charge is 2.28. The zero-order chi connectivity index (χ0) is 23.4. The van der Waals surface area contributed by atoms with E-state index >= 15 is 0 Å². The van der Waals surface area contributed by atoms with Crippen LogP contribution in [0.5, 0.6) is 5.75 Å². The summed E-state index contributed by atoms with van der Waals surface area (Å²) < 4.78 is 14.2. The third-order valence-electron chi connectivity index (χ3n) is 5.63. The molecule has 0 saturated carbocycles. The van der Waals surface area contributed by atoms with Crippen molar-refractivity contribution in [3.8, 4) is 5.75 Å². The number of pyridine rings is 1. The summed E-state index contributed by atoms with van der Waals surface area (Å²) in [5.41, 5.74) is 1.62. The van der Waals surface area contributed by atoms with E-state index in [1.165, 1.54) is 24.5 Å². The number of nitrogens with zero attached hydrogens (tertiary/aromatic N) is 4. The molecule has 4 rings (SSSR count). The molecule has 10 heteroatoms. The van der Waals surface area contributed by atoms with Crippen molar-refractivity contribution in [3.05, 3.63) is 68.0 Å². The summed E-state index contributed by atoms with van der Waals surface area (Å²) in [5.74, 6) is -0.404. The predicted octanol–water partition coefficient (Wildman–Crippen LogP) is 2.14. The van der Waals surface area contributed by atoms with Crippen LogP contribution in [-0.2, 0) is 31.2 Å². The number of fused-ring (bicyclic) bond motifs is 1. The maximum absolute atomic E-state index is 12.9. The lowest BCUT2D eigenvalue weighted by atomic mass is 10.1. The molecule has 0 unspecified atom stereocenters. The number of carbonyl (C=O) groups is 2. The Morgan fingerprint density at radius 2 is 2.09 bits per heavy atom. The fourth-order valence-corrected chi connectivity index (χ4v) is 4.69. The zero-order valence-electron chi connectivity index (χ0n) is 18.7. The summed E-state index contributed by atoms with van der Waals surface area (Å²) >= 11 is 1.38. The largest absolute Gasteiger partial charge is 0.492 e. The molecule has 3 aromatic heterocycles. The van der Waals surface area contributed by atoms with Gasteiger partial charge in [0.1, 0.15) is 11.3 Å². The van der Waals surface area contributed by atoms with Gasteiger partial charge in [0.15, 0.2) is 0 Å². The number of methoxy groups -OCH3 is 1. The minimum atomic E-state index is -0.556. The molecular weight excluding hydrogens is 444 g/mol. The first kappa shape index (κ1) is 22.8. The highest BCUT2D eigenvalue weighted by molar-refractivity contribution is 7.12. The van der Waals surface area contributed by atoms with E-state index in [0.29, 0.717) is 49.7 Å². The summed E-state index contributed by atoms with van der Waals surface area (Å²) in [7, 11) is 3.17. The molecule has 0 saturated heterocycles. The third-order valence-corrected chi connectivity index (χ3v) is 6.49. The van der Waals surface area contributed by atoms with Gasteiger partial charge in [-0.25, -0.2) is 4.79 Å². The Bertz CT molecular complexity index is 1200. The molecule has 1 aliphatic rings. The first-order valence-electron chi connectivity index (χ1n) is 10.8. The highest BCUT2D eigenvalue weighted by Crippen LogP contribution is 2.25. The van der Waals surface area contributed by atoms with Crippen LogP contribution in [0, 0.1) is 0 Å². The molecule has 0 atom stereocenters. The Kier molecular flexibility index (Phi) is 6.93. The van der Waals surface area contributed by atoms with E-state index in [1.807, 2.05) is 24.7 Å². The average Bonchev–Trinajstić information content (AvgIpc) is 3.43. The number of rotatable bonds is 7. The quantitative estimate of drug-likeness (QED) is 0.388. The van der Waals surface area contributed by atoms with Crippen molar-refractivity contribution in [1.29, 1.82) is 0 Å². The molecule has 0 radical (unpaired) electrons. The summed E-state index contributed by atoms with van der Waals surface area (Å²) in [6.45, 7) is 1.42. The second-order valence-corrected chi connectivity index (χ2v) is 8.75. The molecule has 0 spiro atoms. The minimum absolute atomic E-state index is 0.0719. The van der Waals surface area contributed by atoms with Gasteiger partial charge in [-0.2, -0.15) is 5.10 Å². The molecule has 0 bridgehead atoms. The van der Waals surface area contributed by atoms with E-state index in [-0.39, 0.29) is 22.8 Å². The van der Waals surface area contributed by atoms with Crippen molar-refractivity contribution in [2.45, 2.75) is 25.8 Å². The number of esters is 1. The maximum Gasteiger partial charge on any atom is 0.343 e. The summed E-state index contributed by atoms with van der Waals surface area (Å²) in [4.78, 5) is 40.7. The SMILES string of the molecule is COC(=O)c1c(OCCCc2cnn(C)c2)cc(=O)n2c1CCN(C(=O)c1cccs1)CC2. The van der Waals surface area contributed by atoms with Crippen LogP contribution < -0.4 is 10.3 Å². The van der Waals surface area contributed by atoms with Crippen molar-refractivity contribution >= 4 is 23.2 Å². The van der Waals surface area contributed by atoms with Gasteiger partial charge >= 0.3 is 5.97 Å². The van der Waals surface area contributed by atoms with Gasteiger partial charge in [0.2, 0.25) is 0 Å². The molecule has 0 aromatic carbocycles. The topological polar surface area (TPSA) is 95.7 Å². The average molecular weight is 471 g/mol. The lowest BCUT2D eigenvalue weighted by Gasteiger charge is -2.18. The maximum atomic E-state index is 12.9. The van der Waals surface area contributed by atoms with E-state index in [1.54, 1.807) is 26.4 Å². The number of amides is 1. The van der Waals surface area contributed by atoms with Crippen molar-refractivity contribution in [2.75, 3.05) is 26.8 Å². The first-order chi connectivity index (χ1) is 16.0. The van der Waals surface area contributed by atoms with Crippen molar-refractivity contribution in [3.63, 3.8) is 0 Å². The molecule has 1 amide bonds. The second-order valence-electron chi connectivity index (χ2n) is 7.81. The van der Waals surface area contributed by atoms with Crippen LogP contribution in [0.25, 0.3) is 0 Å². The Morgan fingerprint density at radius 3 is 2.79 bits per heavy atom. The molecule has 4 heterocycles. The smallest absolute Gasteiger partial charge is 0.343 e. The predicted molar refractivity (Wildman–Crippen MR) is 123 cm³/mol. The van der Waals surface area contributed by atoms with Gasteiger partial charge in [-0.3, -0.25) is 14.3 Å². The van der Waals surface area contributed by atoms with E-state index in [4.69, 9.17) is 9.47 Å². The number of ether oxygens (including phenoxy) is 2. The highest BCUT2D eigenvalue weighted by atomic mass is 32.1. The van der Waals surface area contributed by atoms with Gasteiger partial charge in [0, 0.05) is 51.1 Å². The van der Waals surface area contributed by atoms with Crippen molar-refractivity contribution in [1.82, 2.24) is 19.2 Å². The van der Waals surface area contributed by atoms with Crippen LogP contribution in [0.1, 0.15) is 37.7 Å². The lowest BCUT2D eigenvalue weighted by Crippen LogP contribution is -2.33. The van der Waals surface area contributed by atoms with Gasteiger partial charge < -0.3 is 18.9 Å². The third kappa shape index (κ3) is 5.00. The van der Waals surface area contributed by atoms with E-state index in [0.717, 1.165) is 12.0 Å². The molecule has 174 valence electrons. The van der Waals surface area contributed by atoms with E-state index in [2.05, 4.69) is 5.10 Å². The zero-order valence-corrected chi connectivity index (χ0v) is 19.5. The van der Waals surface area contributed by atoms with Crippen LogP contribution in [0.2, 0.25) is 0 Å². The fourth-order valence-electron chi connectivity index (χ4n) is 4.00. The summed E-state index contributed by atoms with van der Waals surface area (Å²) in [6.07, 6.45) is 5.57. The standard InChI is InChI=1S/C23H26N4O5S/c1-25-15-16(14-24-25)5-3-11-32-18-13-20(28)27-10-9-26(22(29)19-6-4-12-33-19)8-7-17(27)21(18)23(30)31-2/h4,6,12-15H,3,5,7-11H2,1-2H3. The molecule has 0 fully saturated rings. The first-order valence-corrected chi connectivity index (χ1v) is 11.6.